The van der Waals surface area contributed by atoms with Gasteiger partial charge in [0.05, 0.1) is 5.60 Å². The average molecular weight is 268 g/mol. The Morgan fingerprint density at radius 2 is 1.68 bits per heavy atom. The summed E-state index contributed by atoms with van der Waals surface area (Å²) in [6, 6.07) is 0. The molecule has 0 aromatic carbocycles. The molecule has 2 N–H and O–H groups in total. The molecule has 4 saturated carbocycles. The SMILES string of the molecule is CCO.C[C@H]1CC[C@@]2(O)C(C)(C)[C@@H]3CC[C@@]2(C)[C@H]1C3. The van der Waals surface area contributed by atoms with E-state index in [-0.39, 0.29) is 17.4 Å². The molecule has 4 rings (SSSR count). The van der Waals surface area contributed by atoms with Crippen LogP contribution in [0.5, 0.6) is 0 Å². The van der Waals surface area contributed by atoms with Crippen molar-refractivity contribution in [2.75, 3.05) is 6.61 Å². The van der Waals surface area contributed by atoms with E-state index in [0.717, 1.165) is 24.2 Å². The highest BCUT2D eigenvalue weighted by Gasteiger charge is 2.69. The van der Waals surface area contributed by atoms with Crippen molar-refractivity contribution in [1.29, 1.82) is 0 Å². The Balaban J connectivity index is 0.000000408. The van der Waals surface area contributed by atoms with Gasteiger partial charge in [-0.05, 0) is 67.6 Å². The first kappa shape index (κ1) is 15.3. The minimum absolute atomic E-state index is 0.136. The quantitative estimate of drug-likeness (QED) is 0.704. The molecular weight excluding hydrogens is 236 g/mol. The van der Waals surface area contributed by atoms with Crippen molar-refractivity contribution in [2.45, 2.75) is 72.3 Å². The second-order valence-electron chi connectivity index (χ2n) is 7.91. The zero-order valence-electron chi connectivity index (χ0n) is 13.4. The molecule has 4 fully saturated rings. The normalized spacial score (nSPS) is 50.4. The van der Waals surface area contributed by atoms with Crippen LogP contribution in [0.2, 0.25) is 0 Å². The van der Waals surface area contributed by atoms with Crippen molar-refractivity contribution in [1.82, 2.24) is 0 Å². The van der Waals surface area contributed by atoms with Gasteiger partial charge in [-0.15, -0.1) is 0 Å². The Kier molecular flexibility index (Phi) is 3.81. The molecule has 0 heterocycles. The molecule has 0 aromatic heterocycles. The van der Waals surface area contributed by atoms with E-state index in [4.69, 9.17) is 5.11 Å². The second-order valence-corrected chi connectivity index (χ2v) is 7.91. The third-order valence-electron chi connectivity index (χ3n) is 7.05. The molecule has 2 heteroatoms. The first-order chi connectivity index (χ1) is 8.74. The zero-order valence-corrected chi connectivity index (χ0v) is 13.4. The molecule has 0 spiro atoms. The molecule has 19 heavy (non-hydrogen) atoms. The molecule has 0 amide bonds. The first-order valence-corrected chi connectivity index (χ1v) is 8.08. The molecule has 0 radical (unpaired) electrons. The molecule has 2 nitrogen and oxygen atoms in total. The summed E-state index contributed by atoms with van der Waals surface area (Å²) in [6.07, 6.45) is 6.23. The van der Waals surface area contributed by atoms with E-state index >= 15 is 0 Å². The van der Waals surface area contributed by atoms with E-state index < -0.39 is 5.60 Å². The van der Waals surface area contributed by atoms with Crippen LogP contribution in [0.15, 0.2) is 0 Å². The van der Waals surface area contributed by atoms with Crippen LogP contribution < -0.4 is 0 Å². The standard InChI is InChI=1S/C15H26O.C2H6O/c1-10-5-8-15(16)13(2,3)11-6-7-14(15,4)12(10)9-11;1-2-3/h10-12,16H,5-9H2,1-4H3;3H,2H2,1H3/t10-,11+,12-,14-,15+;/m0./s1. The number of fused-ring (bicyclic) bond motifs is 1. The molecular formula is C17H32O2. The summed E-state index contributed by atoms with van der Waals surface area (Å²) in [7, 11) is 0. The smallest absolute Gasteiger partial charge is 0.0757 e. The molecule has 0 aromatic rings. The van der Waals surface area contributed by atoms with Crippen molar-refractivity contribution >= 4 is 0 Å². The van der Waals surface area contributed by atoms with Crippen LogP contribution in [0.25, 0.3) is 0 Å². The van der Waals surface area contributed by atoms with Gasteiger partial charge in [-0.1, -0.05) is 27.7 Å². The highest BCUT2D eigenvalue weighted by atomic mass is 16.3. The van der Waals surface area contributed by atoms with Crippen molar-refractivity contribution in [3.63, 3.8) is 0 Å². The number of aliphatic hydroxyl groups excluding tert-OH is 1. The Hall–Kier alpha value is -0.0800. The molecule has 0 saturated heterocycles. The van der Waals surface area contributed by atoms with Gasteiger partial charge in [-0.25, -0.2) is 0 Å². The van der Waals surface area contributed by atoms with Gasteiger partial charge in [-0.2, -0.15) is 0 Å². The lowest BCUT2D eigenvalue weighted by molar-refractivity contribution is -0.291. The maximum atomic E-state index is 11.3. The van der Waals surface area contributed by atoms with Gasteiger partial charge >= 0.3 is 0 Å². The first-order valence-electron chi connectivity index (χ1n) is 8.08. The fourth-order valence-corrected chi connectivity index (χ4v) is 5.69. The third kappa shape index (κ3) is 1.82. The fraction of sp³-hybridized carbons (Fsp3) is 1.00. The van der Waals surface area contributed by atoms with E-state index in [0.29, 0.717) is 0 Å². The summed E-state index contributed by atoms with van der Waals surface area (Å²) >= 11 is 0. The van der Waals surface area contributed by atoms with Crippen LogP contribution in [0.4, 0.5) is 0 Å². The van der Waals surface area contributed by atoms with Crippen LogP contribution >= 0.6 is 0 Å². The van der Waals surface area contributed by atoms with E-state index in [1.54, 1.807) is 6.92 Å². The largest absolute Gasteiger partial charge is 0.397 e. The van der Waals surface area contributed by atoms with Gasteiger partial charge in [0.15, 0.2) is 0 Å². The lowest BCUT2D eigenvalue weighted by atomic mass is 9.35. The topological polar surface area (TPSA) is 40.5 Å². The zero-order chi connectivity index (χ0) is 14.5. The minimum atomic E-state index is -0.391. The van der Waals surface area contributed by atoms with Crippen molar-refractivity contribution in [3.8, 4) is 0 Å². The predicted molar refractivity (Wildman–Crippen MR) is 78.8 cm³/mol. The number of aliphatic hydroxyl groups is 2. The number of hydrogen-bond donors (Lipinski definition) is 2. The van der Waals surface area contributed by atoms with Gasteiger partial charge in [0.1, 0.15) is 0 Å². The van der Waals surface area contributed by atoms with Crippen molar-refractivity contribution in [2.24, 2.45) is 28.6 Å². The Bertz CT molecular complexity index is 338. The summed E-state index contributed by atoms with van der Waals surface area (Å²) in [5.41, 5.74) is -0.0576. The number of rotatable bonds is 0. The van der Waals surface area contributed by atoms with E-state index in [1.807, 2.05) is 0 Å². The maximum absolute atomic E-state index is 11.3. The van der Waals surface area contributed by atoms with Crippen molar-refractivity contribution < 1.29 is 10.2 Å². The van der Waals surface area contributed by atoms with Gasteiger partial charge in [-0.3, -0.25) is 0 Å². The lowest BCUT2D eigenvalue weighted by Gasteiger charge is -2.71. The van der Waals surface area contributed by atoms with Crippen LogP contribution in [0, 0.1) is 28.6 Å². The minimum Gasteiger partial charge on any atom is -0.397 e. The Morgan fingerprint density at radius 1 is 1.11 bits per heavy atom. The highest BCUT2D eigenvalue weighted by Crippen LogP contribution is 2.71. The van der Waals surface area contributed by atoms with Crippen molar-refractivity contribution in [3.05, 3.63) is 0 Å². The van der Waals surface area contributed by atoms with Gasteiger partial charge < -0.3 is 10.2 Å². The van der Waals surface area contributed by atoms with Gasteiger partial charge in [0.2, 0.25) is 0 Å². The Labute approximate surface area is 118 Å². The Morgan fingerprint density at radius 3 is 2.26 bits per heavy atom. The van der Waals surface area contributed by atoms with Crippen LogP contribution in [0.3, 0.4) is 0 Å². The van der Waals surface area contributed by atoms with Gasteiger partial charge in [0, 0.05) is 6.61 Å². The van der Waals surface area contributed by atoms with E-state index in [9.17, 15) is 5.11 Å². The number of hydrogen-bond acceptors (Lipinski definition) is 2. The summed E-state index contributed by atoms with van der Waals surface area (Å²) < 4.78 is 0. The van der Waals surface area contributed by atoms with Gasteiger partial charge in [0.25, 0.3) is 0 Å². The highest BCUT2D eigenvalue weighted by molar-refractivity contribution is 5.19. The summed E-state index contributed by atoms with van der Waals surface area (Å²) in [5, 5.41) is 18.9. The molecule has 4 aliphatic rings. The maximum Gasteiger partial charge on any atom is 0.0757 e. The summed E-state index contributed by atoms with van der Waals surface area (Å²) in [4.78, 5) is 0. The third-order valence-corrected chi connectivity index (χ3v) is 7.05. The molecule has 5 atom stereocenters. The molecule has 4 aliphatic carbocycles. The predicted octanol–water partition coefficient (Wildman–Crippen LogP) is 3.61. The van der Waals surface area contributed by atoms with Crippen LogP contribution in [0.1, 0.15) is 66.7 Å². The van der Waals surface area contributed by atoms with Crippen LogP contribution in [-0.4, -0.2) is 22.4 Å². The summed E-state index contributed by atoms with van der Waals surface area (Å²) in [6.45, 7) is 11.4. The van der Waals surface area contributed by atoms with E-state index in [1.165, 1.54) is 25.7 Å². The fourth-order valence-electron chi connectivity index (χ4n) is 5.69. The summed E-state index contributed by atoms with van der Waals surface area (Å²) in [5.74, 6) is 2.36. The van der Waals surface area contributed by atoms with Crippen LogP contribution in [-0.2, 0) is 0 Å². The average Bonchev–Trinajstić information content (AvgIpc) is 2.33. The molecule has 0 aliphatic heterocycles. The molecule has 0 unspecified atom stereocenters. The monoisotopic (exact) mass is 268 g/mol. The lowest BCUT2D eigenvalue weighted by Crippen LogP contribution is -2.71. The molecule has 112 valence electrons. The second kappa shape index (κ2) is 4.73. The van der Waals surface area contributed by atoms with E-state index in [2.05, 4.69) is 27.7 Å². The molecule has 4 bridgehead atoms.